The van der Waals surface area contributed by atoms with Crippen molar-refractivity contribution in [2.45, 2.75) is 39.0 Å². The highest BCUT2D eigenvalue weighted by atomic mass is 19.1. The van der Waals surface area contributed by atoms with E-state index in [4.69, 9.17) is 9.47 Å². The zero-order chi connectivity index (χ0) is 19.2. The Morgan fingerprint density at radius 1 is 1.37 bits per heavy atom. The standard InChI is InChI=1S/C20H23FN2O4/c1-14-9-18(24)19(27-13-15-4-6-16(21)7-5-15)11-23(14)12-20(25)22-10-17-3-2-8-26-17/h4-7,9,11,17H,2-3,8,10,12-13H2,1H3,(H,22,25)/t17-/m1/s1. The molecule has 1 aromatic carbocycles. The molecule has 1 saturated heterocycles. The van der Waals surface area contributed by atoms with Crippen molar-refractivity contribution in [3.05, 3.63) is 63.8 Å². The maximum atomic E-state index is 13.0. The number of nitrogens with zero attached hydrogens (tertiary/aromatic N) is 1. The van der Waals surface area contributed by atoms with Gasteiger partial charge in [-0.3, -0.25) is 9.59 Å². The minimum atomic E-state index is -0.328. The number of ether oxygens (including phenoxy) is 2. The Bertz CT molecular complexity index is 842. The van der Waals surface area contributed by atoms with Crippen LogP contribution in [0.5, 0.6) is 5.75 Å². The molecule has 0 aliphatic carbocycles. The van der Waals surface area contributed by atoms with Gasteiger partial charge in [0, 0.05) is 24.9 Å². The molecule has 2 aromatic rings. The molecule has 1 amide bonds. The molecule has 1 aliphatic heterocycles. The van der Waals surface area contributed by atoms with Crippen LogP contribution in [0.25, 0.3) is 0 Å². The molecule has 0 saturated carbocycles. The number of aryl methyl sites for hydroxylation is 1. The summed E-state index contributed by atoms with van der Waals surface area (Å²) in [5, 5.41) is 2.86. The third-order valence-corrected chi connectivity index (χ3v) is 4.48. The summed E-state index contributed by atoms with van der Waals surface area (Å²) in [6.07, 6.45) is 3.60. The molecule has 1 atom stereocenters. The van der Waals surface area contributed by atoms with E-state index in [9.17, 15) is 14.0 Å². The van der Waals surface area contributed by atoms with Crippen molar-refractivity contribution < 1.29 is 18.7 Å². The first-order valence-corrected chi connectivity index (χ1v) is 8.98. The Hall–Kier alpha value is -2.67. The van der Waals surface area contributed by atoms with Crippen LogP contribution in [0.2, 0.25) is 0 Å². The van der Waals surface area contributed by atoms with Gasteiger partial charge in [0.1, 0.15) is 19.0 Å². The summed E-state index contributed by atoms with van der Waals surface area (Å²) in [5.41, 5.74) is 1.16. The highest BCUT2D eigenvalue weighted by Gasteiger charge is 2.16. The largest absolute Gasteiger partial charge is 0.483 e. The Kier molecular flexibility index (Phi) is 6.24. The van der Waals surface area contributed by atoms with E-state index < -0.39 is 0 Å². The minimum absolute atomic E-state index is 0.0821. The fraction of sp³-hybridized carbons (Fsp3) is 0.400. The van der Waals surface area contributed by atoms with Gasteiger partial charge in [-0.1, -0.05) is 12.1 Å². The van der Waals surface area contributed by atoms with E-state index in [1.54, 1.807) is 23.6 Å². The van der Waals surface area contributed by atoms with Gasteiger partial charge < -0.3 is 19.4 Å². The fourth-order valence-electron chi connectivity index (χ4n) is 2.91. The van der Waals surface area contributed by atoms with E-state index in [1.807, 2.05) is 0 Å². The van der Waals surface area contributed by atoms with E-state index in [2.05, 4.69) is 5.32 Å². The van der Waals surface area contributed by atoms with Crippen LogP contribution in [0.1, 0.15) is 24.1 Å². The fourth-order valence-corrected chi connectivity index (χ4v) is 2.91. The molecule has 144 valence electrons. The summed E-state index contributed by atoms with van der Waals surface area (Å²) in [6, 6.07) is 7.31. The topological polar surface area (TPSA) is 69.6 Å². The molecular formula is C20H23FN2O4. The minimum Gasteiger partial charge on any atom is -0.483 e. The van der Waals surface area contributed by atoms with Crippen LogP contribution < -0.4 is 15.5 Å². The van der Waals surface area contributed by atoms with Crippen LogP contribution in [0.3, 0.4) is 0 Å². The number of carbonyl (C=O) groups is 1. The Labute approximate surface area is 156 Å². The molecule has 1 aromatic heterocycles. The lowest BCUT2D eigenvalue weighted by atomic mass is 10.2. The van der Waals surface area contributed by atoms with Gasteiger partial charge in [0.05, 0.1) is 12.3 Å². The number of amides is 1. The Morgan fingerprint density at radius 3 is 2.85 bits per heavy atom. The first kappa shape index (κ1) is 19.1. The summed E-state index contributed by atoms with van der Waals surface area (Å²) in [7, 11) is 0. The highest BCUT2D eigenvalue weighted by molar-refractivity contribution is 5.75. The lowest BCUT2D eigenvalue weighted by Gasteiger charge is -2.15. The number of benzene rings is 1. The van der Waals surface area contributed by atoms with Crippen molar-refractivity contribution in [2.24, 2.45) is 0 Å². The number of carbonyl (C=O) groups excluding carboxylic acids is 1. The molecular weight excluding hydrogens is 351 g/mol. The van der Waals surface area contributed by atoms with E-state index in [-0.39, 0.29) is 42.2 Å². The van der Waals surface area contributed by atoms with E-state index in [0.717, 1.165) is 25.0 Å². The second-order valence-electron chi connectivity index (χ2n) is 6.63. The molecule has 1 aliphatic rings. The van der Waals surface area contributed by atoms with Crippen LogP contribution in [-0.2, 0) is 22.7 Å². The van der Waals surface area contributed by atoms with Crippen LogP contribution in [0.4, 0.5) is 4.39 Å². The van der Waals surface area contributed by atoms with Gasteiger partial charge in [0.25, 0.3) is 0 Å². The molecule has 0 bridgehead atoms. The zero-order valence-electron chi connectivity index (χ0n) is 15.2. The molecule has 0 radical (unpaired) electrons. The number of rotatable bonds is 7. The Balaban J connectivity index is 1.61. The average Bonchev–Trinajstić information content (AvgIpc) is 3.16. The van der Waals surface area contributed by atoms with Crippen LogP contribution in [0, 0.1) is 12.7 Å². The normalized spacial score (nSPS) is 16.3. The summed E-state index contributed by atoms with van der Waals surface area (Å²) >= 11 is 0. The van der Waals surface area contributed by atoms with E-state index in [1.165, 1.54) is 24.4 Å². The first-order chi connectivity index (χ1) is 13.0. The average molecular weight is 374 g/mol. The van der Waals surface area contributed by atoms with Crippen molar-refractivity contribution in [2.75, 3.05) is 13.2 Å². The lowest BCUT2D eigenvalue weighted by Crippen LogP contribution is -2.34. The first-order valence-electron chi connectivity index (χ1n) is 8.98. The molecule has 27 heavy (non-hydrogen) atoms. The molecule has 3 rings (SSSR count). The molecule has 1 N–H and O–H groups in total. The Morgan fingerprint density at radius 2 is 2.15 bits per heavy atom. The van der Waals surface area contributed by atoms with Gasteiger partial charge in [0.15, 0.2) is 5.75 Å². The number of pyridine rings is 1. The number of hydrogen-bond acceptors (Lipinski definition) is 4. The quantitative estimate of drug-likeness (QED) is 0.806. The highest BCUT2D eigenvalue weighted by Crippen LogP contribution is 2.12. The van der Waals surface area contributed by atoms with E-state index >= 15 is 0 Å². The lowest BCUT2D eigenvalue weighted by molar-refractivity contribution is -0.122. The number of aromatic nitrogens is 1. The number of hydrogen-bond donors (Lipinski definition) is 1. The summed E-state index contributed by atoms with van der Waals surface area (Å²) < 4.78 is 25.7. The number of halogens is 1. The molecule has 1 fully saturated rings. The maximum absolute atomic E-state index is 13.0. The zero-order valence-corrected chi connectivity index (χ0v) is 15.2. The third-order valence-electron chi connectivity index (χ3n) is 4.48. The molecule has 6 nitrogen and oxygen atoms in total. The predicted octanol–water partition coefficient (Wildman–Crippen LogP) is 2.17. The summed E-state index contributed by atoms with van der Waals surface area (Å²) in [6.45, 7) is 3.23. The molecule has 7 heteroatoms. The van der Waals surface area contributed by atoms with Crippen molar-refractivity contribution in [1.29, 1.82) is 0 Å². The summed E-state index contributed by atoms with van der Waals surface area (Å²) in [4.78, 5) is 24.3. The predicted molar refractivity (Wildman–Crippen MR) is 98.2 cm³/mol. The van der Waals surface area contributed by atoms with Gasteiger partial charge in [-0.05, 0) is 37.5 Å². The van der Waals surface area contributed by atoms with Gasteiger partial charge in [-0.2, -0.15) is 0 Å². The monoisotopic (exact) mass is 374 g/mol. The van der Waals surface area contributed by atoms with Crippen LogP contribution in [-0.4, -0.2) is 29.7 Å². The van der Waals surface area contributed by atoms with Crippen molar-refractivity contribution in [3.63, 3.8) is 0 Å². The van der Waals surface area contributed by atoms with Crippen molar-refractivity contribution in [3.8, 4) is 5.75 Å². The van der Waals surface area contributed by atoms with Crippen molar-refractivity contribution >= 4 is 5.91 Å². The smallest absolute Gasteiger partial charge is 0.240 e. The molecule has 0 spiro atoms. The van der Waals surface area contributed by atoms with Crippen LogP contribution in [0.15, 0.2) is 41.3 Å². The van der Waals surface area contributed by atoms with Gasteiger partial charge in [-0.15, -0.1) is 0 Å². The van der Waals surface area contributed by atoms with Gasteiger partial charge >= 0.3 is 0 Å². The van der Waals surface area contributed by atoms with Crippen molar-refractivity contribution in [1.82, 2.24) is 9.88 Å². The van der Waals surface area contributed by atoms with Crippen LogP contribution >= 0.6 is 0 Å². The molecule has 2 heterocycles. The number of nitrogens with one attached hydrogen (secondary N) is 1. The van der Waals surface area contributed by atoms with Gasteiger partial charge in [0.2, 0.25) is 11.3 Å². The maximum Gasteiger partial charge on any atom is 0.240 e. The molecule has 0 unspecified atom stereocenters. The second kappa shape index (κ2) is 8.81. The SMILES string of the molecule is Cc1cc(=O)c(OCc2ccc(F)cc2)cn1CC(=O)NC[C@H]1CCCO1. The second-order valence-corrected chi connectivity index (χ2v) is 6.63. The van der Waals surface area contributed by atoms with Gasteiger partial charge in [-0.25, -0.2) is 4.39 Å². The third kappa shape index (κ3) is 5.40. The van der Waals surface area contributed by atoms with E-state index in [0.29, 0.717) is 12.2 Å². The summed E-state index contributed by atoms with van der Waals surface area (Å²) in [5.74, 6) is -0.330.